The average molecular weight is 232 g/mol. The van der Waals surface area contributed by atoms with Gasteiger partial charge in [0, 0.05) is 12.2 Å². The van der Waals surface area contributed by atoms with E-state index in [0.29, 0.717) is 0 Å². The van der Waals surface area contributed by atoms with Crippen molar-refractivity contribution in [2.45, 2.75) is 32.6 Å². The first-order valence-corrected chi connectivity index (χ1v) is 6.43. The molecule has 1 aromatic carbocycles. The number of ketones is 1. The number of rotatable bonds is 6. The number of hydrogen-bond donors (Lipinski definition) is 0. The normalized spacial score (nSPS) is 15.6. The second-order valence-corrected chi connectivity index (χ2v) is 4.93. The summed E-state index contributed by atoms with van der Waals surface area (Å²) in [4.78, 5) is 11.8. The Kier molecular flexibility index (Phi) is 4.32. The molecule has 1 aromatic rings. The summed E-state index contributed by atoms with van der Waals surface area (Å²) in [5.41, 5.74) is 1.87. The Hall–Kier alpha value is -1.15. The van der Waals surface area contributed by atoms with Crippen molar-refractivity contribution in [2.24, 2.45) is 5.92 Å². The molecule has 0 heterocycles. The molecule has 0 bridgehead atoms. The molecule has 92 valence electrons. The zero-order chi connectivity index (χ0) is 12.1. The van der Waals surface area contributed by atoms with Crippen LogP contribution in [-0.2, 0) is 4.74 Å². The van der Waals surface area contributed by atoms with E-state index >= 15 is 0 Å². The number of benzene rings is 1. The SMILES string of the molecule is Cc1cccc(C(=O)COCCC2CCC2)c1. The van der Waals surface area contributed by atoms with Crippen LogP contribution in [0.1, 0.15) is 41.6 Å². The lowest BCUT2D eigenvalue weighted by atomic mass is 9.83. The standard InChI is InChI=1S/C15H20O2/c1-12-4-2-7-14(10-12)15(16)11-17-9-8-13-5-3-6-13/h2,4,7,10,13H,3,5-6,8-9,11H2,1H3. The Morgan fingerprint density at radius 3 is 2.88 bits per heavy atom. The summed E-state index contributed by atoms with van der Waals surface area (Å²) in [6.07, 6.45) is 5.17. The third-order valence-corrected chi connectivity index (χ3v) is 3.47. The van der Waals surface area contributed by atoms with Crippen LogP contribution < -0.4 is 0 Å². The molecule has 0 N–H and O–H groups in total. The number of carbonyl (C=O) groups excluding carboxylic acids is 1. The van der Waals surface area contributed by atoms with Gasteiger partial charge in [-0.15, -0.1) is 0 Å². The first-order chi connectivity index (χ1) is 8.25. The van der Waals surface area contributed by atoms with Gasteiger partial charge in [-0.05, 0) is 25.3 Å². The molecule has 1 aliphatic rings. The fraction of sp³-hybridized carbons (Fsp3) is 0.533. The predicted octanol–water partition coefficient (Wildman–Crippen LogP) is 3.38. The van der Waals surface area contributed by atoms with Crippen LogP contribution in [0, 0.1) is 12.8 Å². The lowest BCUT2D eigenvalue weighted by Crippen LogP contribution is -2.16. The Morgan fingerprint density at radius 2 is 2.24 bits per heavy atom. The molecular weight excluding hydrogens is 212 g/mol. The van der Waals surface area contributed by atoms with Crippen molar-refractivity contribution < 1.29 is 9.53 Å². The fourth-order valence-electron chi connectivity index (χ4n) is 2.10. The maximum atomic E-state index is 11.8. The molecular formula is C15H20O2. The van der Waals surface area contributed by atoms with Crippen molar-refractivity contribution in [2.75, 3.05) is 13.2 Å². The van der Waals surface area contributed by atoms with Gasteiger partial charge in [-0.25, -0.2) is 0 Å². The van der Waals surface area contributed by atoms with Crippen LogP contribution in [0.3, 0.4) is 0 Å². The second-order valence-electron chi connectivity index (χ2n) is 4.93. The molecule has 0 aromatic heterocycles. The Balaban J connectivity index is 1.69. The van der Waals surface area contributed by atoms with Crippen LogP contribution in [0.2, 0.25) is 0 Å². The summed E-state index contributed by atoms with van der Waals surface area (Å²) in [5, 5.41) is 0. The van der Waals surface area contributed by atoms with E-state index in [1.54, 1.807) is 0 Å². The molecule has 1 aliphatic carbocycles. The van der Waals surface area contributed by atoms with Crippen molar-refractivity contribution >= 4 is 5.78 Å². The molecule has 17 heavy (non-hydrogen) atoms. The number of ether oxygens (including phenoxy) is 1. The summed E-state index contributed by atoms with van der Waals surface area (Å²) in [7, 11) is 0. The van der Waals surface area contributed by atoms with Gasteiger partial charge in [0.15, 0.2) is 5.78 Å². The molecule has 0 aliphatic heterocycles. The van der Waals surface area contributed by atoms with Crippen LogP contribution in [0.15, 0.2) is 24.3 Å². The van der Waals surface area contributed by atoms with E-state index in [2.05, 4.69) is 0 Å². The first kappa shape index (κ1) is 12.3. The molecule has 0 unspecified atom stereocenters. The van der Waals surface area contributed by atoms with Crippen molar-refractivity contribution in [1.29, 1.82) is 0 Å². The Labute approximate surface area is 103 Å². The van der Waals surface area contributed by atoms with Crippen molar-refractivity contribution in [3.8, 4) is 0 Å². The van der Waals surface area contributed by atoms with Gasteiger partial charge in [-0.1, -0.05) is 43.0 Å². The van der Waals surface area contributed by atoms with Gasteiger partial charge in [0.1, 0.15) is 6.61 Å². The number of hydrogen-bond acceptors (Lipinski definition) is 2. The van der Waals surface area contributed by atoms with Gasteiger partial charge in [0.05, 0.1) is 0 Å². The minimum absolute atomic E-state index is 0.0855. The largest absolute Gasteiger partial charge is 0.373 e. The molecule has 0 spiro atoms. The number of Topliss-reactive ketones (excluding diaryl/α,β-unsaturated/α-hetero) is 1. The monoisotopic (exact) mass is 232 g/mol. The smallest absolute Gasteiger partial charge is 0.188 e. The maximum Gasteiger partial charge on any atom is 0.188 e. The van der Waals surface area contributed by atoms with Crippen molar-refractivity contribution in [3.63, 3.8) is 0 Å². The zero-order valence-electron chi connectivity index (χ0n) is 10.4. The van der Waals surface area contributed by atoms with Gasteiger partial charge in [0.25, 0.3) is 0 Å². The van der Waals surface area contributed by atoms with Crippen LogP contribution >= 0.6 is 0 Å². The summed E-state index contributed by atoms with van der Waals surface area (Å²) in [6, 6.07) is 7.67. The van der Waals surface area contributed by atoms with Gasteiger partial charge >= 0.3 is 0 Å². The minimum Gasteiger partial charge on any atom is -0.373 e. The third-order valence-electron chi connectivity index (χ3n) is 3.47. The van der Waals surface area contributed by atoms with Crippen LogP contribution in [-0.4, -0.2) is 19.0 Å². The molecule has 0 amide bonds. The van der Waals surface area contributed by atoms with Crippen molar-refractivity contribution in [1.82, 2.24) is 0 Å². The van der Waals surface area contributed by atoms with E-state index in [0.717, 1.165) is 30.1 Å². The molecule has 2 nitrogen and oxygen atoms in total. The average Bonchev–Trinajstić information content (AvgIpc) is 2.26. The highest BCUT2D eigenvalue weighted by Crippen LogP contribution is 2.29. The Bertz CT molecular complexity index is 380. The van der Waals surface area contributed by atoms with Gasteiger partial charge < -0.3 is 4.74 Å². The zero-order valence-corrected chi connectivity index (χ0v) is 10.4. The summed E-state index contributed by atoms with van der Waals surface area (Å²) < 4.78 is 5.45. The molecule has 2 heteroatoms. The summed E-state index contributed by atoms with van der Waals surface area (Å²) >= 11 is 0. The topological polar surface area (TPSA) is 26.3 Å². The van der Waals surface area contributed by atoms with E-state index in [1.165, 1.54) is 19.3 Å². The number of aryl methyl sites for hydroxylation is 1. The highest BCUT2D eigenvalue weighted by Gasteiger charge is 2.16. The lowest BCUT2D eigenvalue weighted by molar-refractivity contribution is 0.0705. The Morgan fingerprint density at radius 1 is 1.41 bits per heavy atom. The first-order valence-electron chi connectivity index (χ1n) is 6.43. The molecule has 0 radical (unpaired) electrons. The highest BCUT2D eigenvalue weighted by molar-refractivity contribution is 5.97. The fourth-order valence-corrected chi connectivity index (χ4v) is 2.10. The van der Waals surface area contributed by atoms with E-state index < -0.39 is 0 Å². The predicted molar refractivity (Wildman–Crippen MR) is 68.3 cm³/mol. The molecule has 1 saturated carbocycles. The second kappa shape index (κ2) is 5.97. The van der Waals surface area contributed by atoms with Crippen LogP contribution in [0.25, 0.3) is 0 Å². The quantitative estimate of drug-likeness (QED) is 0.555. The van der Waals surface area contributed by atoms with Crippen LogP contribution in [0.5, 0.6) is 0 Å². The number of carbonyl (C=O) groups is 1. The third kappa shape index (κ3) is 3.67. The summed E-state index contributed by atoms with van der Waals surface area (Å²) in [6.45, 7) is 2.94. The van der Waals surface area contributed by atoms with E-state index in [9.17, 15) is 4.79 Å². The highest BCUT2D eigenvalue weighted by atomic mass is 16.5. The maximum absolute atomic E-state index is 11.8. The van der Waals surface area contributed by atoms with Gasteiger partial charge in [-0.2, -0.15) is 0 Å². The lowest BCUT2D eigenvalue weighted by Gasteiger charge is -2.24. The molecule has 1 fully saturated rings. The van der Waals surface area contributed by atoms with E-state index in [4.69, 9.17) is 4.74 Å². The van der Waals surface area contributed by atoms with Gasteiger partial charge in [-0.3, -0.25) is 4.79 Å². The van der Waals surface area contributed by atoms with E-state index in [1.807, 2.05) is 31.2 Å². The summed E-state index contributed by atoms with van der Waals surface area (Å²) in [5.74, 6) is 0.936. The minimum atomic E-state index is 0.0855. The van der Waals surface area contributed by atoms with Gasteiger partial charge in [0.2, 0.25) is 0 Å². The van der Waals surface area contributed by atoms with Crippen molar-refractivity contribution in [3.05, 3.63) is 35.4 Å². The van der Waals surface area contributed by atoms with Crippen LogP contribution in [0.4, 0.5) is 0 Å². The van der Waals surface area contributed by atoms with E-state index in [-0.39, 0.29) is 12.4 Å². The molecule has 0 saturated heterocycles. The molecule has 0 atom stereocenters. The molecule has 2 rings (SSSR count).